The Morgan fingerprint density at radius 2 is 1.82 bits per heavy atom. The maximum absolute atomic E-state index is 14.4. The minimum atomic E-state index is -5.15. The number of rotatable bonds is 8. The Kier molecular flexibility index (Phi) is 8.95. The number of methoxy groups -OCH3 is 1. The van der Waals surface area contributed by atoms with Gasteiger partial charge in [-0.05, 0) is 66.8 Å². The van der Waals surface area contributed by atoms with E-state index in [2.05, 4.69) is 39.8 Å². The second kappa shape index (κ2) is 12.1. The minimum absolute atomic E-state index is 0.172. The van der Waals surface area contributed by atoms with Gasteiger partial charge in [-0.1, -0.05) is 82.2 Å². The van der Waals surface area contributed by atoms with Gasteiger partial charge in [0.15, 0.2) is 0 Å². The highest BCUT2D eigenvalue weighted by molar-refractivity contribution is 5.87. The molecule has 1 aromatic rings. The fourth-order valence-electron chi connectivity index (χ4n) is 7.72. The number of carbonyl (C=O) groups excluding carboxylic acids is 2. The van der Waals surface area contributed by atoms with Gasteiger partial charge < -0.3 is 18.9 Å². The first-order chi connectivity index (χ1) is 20.7. The van der Waals surface area contributed by atoms with Crippen molar-refractivity contribution < 1.29 is 41.7 Å². The zero-order chi connectivity index (χ0) is 31.9. The van der Waals surface area contributed by atoms with Crippen LogP contribution in [0.4, 0.5) is 13.2 Å². The molecule has 0 radical (unpaired) electrons. The van der Waals surface area contributed by atoms with Crippen LogP contribution in [0.2, 0.25) is 0 Å². The minimum Gasteiger partial charge on any atom is -0.418 e. The Labute approximate surface area is 257 Å². The van der Waals surface area contributed by atoms with E-state index >= 15 is 0 Å². The van der Waals surface area contributed by atoms with Crippen molar-refractivity contribution in [2.45, 2.75) is 96.8 Å². The maximum atomic E-state index is 14.4. The van der Waals surface area contributed by atoms with Crippen LogP contribution in [0, 0.1) is 22.7 Å². The molecule has 0 saturated heterocycles. The summed E-state index contributed by atoms with van der Waals surface area (Å²) in [5.41, 5.74) is -0.486. The van der Waals surface area contributed by atoms with Crippen molar-refractivity contribution in [3.63, 3.8) is 0 Å². The number of allylic oxidation sites excluding steroid dienone is 2. The number of carbonyl (C=O) groups is 2. The van der Waals surface area contributed by atoms with Crippen molar-refractivity contribution >= 4 is 11.9 Å². The molecule has 1 fully saturated rings. The van der Waals surface area contributed by atoms with Crippen molar-refractivity contribution in [1.29, 1.82) is 0 Å². The molecule has 0 spiro atoms. The number of halogens is 3. The summed E-state index contributed by atoms with van der Waals surface area (Å²) >= 11 is 0. The normalized spacial score (nSPS) is 31.5. The number of ether oxygens (including phenoxy) is 4. The summed E-state index contributed by atoms with van der Waals surface area (Å²) in [6, 6.07) is 6.52. The van der Waals surface area contributed by atoms with Gasteiger partial charge in [0.05, 0.1) is 12.7 Å². The molecular formula is C35H43F3O6. The first-order valence-corrected chi connectivity index (χ1v) is 15.5. The lowest BCUT2D eigenvalue weighted by atomic mass is 9.52. The molecule has 6 atom stereocenters. The molecule has 1 aromatic carbocycles. The lowest BCUT2D eigenvalue weighted by molar-refractivity contribution is -0.281. The SMILES string of the molecule is CO[C@](C(=O)O[C@H]1OC(=O)C=C1[C@H]1CC=C(CC[C@@]2(C)[C@@H](C)CC=C3[C@@H]2CCCC3(C)C)CO1)(c1ccccc1)C(F)(F)F. The number of cyclic esters (lactones) is 1. The van der Waals surface area contributed by atoms with Crippen molar-refractivity contribution in [3.8, 4) is 0 Å². The summed E-state index contributed by atoms with van der Waals surface area (Å²) in [6.45, 7) is 9.85. The van der Waals surface area contributed by atoms with Gasteiger partial charge in [0.25, 0.3) is 11.9 Å². The van der Waals surface area contributed by atoms with E-state index in [0.29, 0.717) is 24.9 Å². The average Bonchev–Trinajstić information content (AvgIpc) is 3.34. The van der Waals surface area contributed by atoms with Crippen molar-refractivity contribution in [3.05, 3.63) is 70.8 Å². The quantitative estimate of drug-likeness (QED) is 0.220. The zero-order valence-electron chi connectivity index (χ0n) is 26.2. The van der Waals surface area contributed by atoms with E-state index in [1.54, 1.807) is 5.57 Å². The molecule has 0 amide bonds. The summed E-state index contributed by atoms with van der Waals surface area (Å²) in [6.07, 6.45) is 5.30. The number of hydrogen-bond acceptors (Lipinski definition) is 6. The monoisotopic (exact) mass is 616 g/mol. The molecule has 240 valence electrons. The number of fused-ring (bicyclic) bond motifs is 1. The molecule has 0 aromatic heterocycles. The molecule has 0 N–H and O–H groups in total. The number of alkyl halides is 3. The predicted octanol–water partition coefficient (Wildman–Crippen LogP) is 7.74. The van der Waals surface area contributed by atoms with Crippen molar-refractivity contribution in [2.75, 3.05) is 13.7 Å². The Morgan fingerprint density at radius 3 is 2.45 bits per heavy atom. The highest BCUT2D eigenvalue weighted by Gasteiger charge is 2.65. The van der Waals surface area contributed by atoms with Crippen LogP contribution >= 0.6 is 0 Å². The van der Waals surface area contributed by atoms with E-state index in [4.69, 9.17) is 18.9 Å². The van der Waals surface area contributed by atoms with Gasteiger partial charge in [-0.2, -0.15) is 13.2 Å². The molecular weight excluding hydrogens is 573 g/mol. The second-order valence-corrected chi connectivity index (χ2v) is 13.6. The Balaban J connectivity index is 1.26. The van der Waals surface area contributed by atoms with Crippen LogP contribution in [0.1, 0.15) is 78.2 Å². The predicted molar refractivity (Wildman–Crippen MR) is 158 cm³/mol. The topological polar surface area (TPSA) is 71.1 Å². The number of esters is 2. The Bertz CT molecular complexity index is 1350. The van der Waals surface area contributed by atoms with Crippen LogP contribution < -0.4 is 0 Å². The smallest absolute Gasteiger partial charge is 0.418 e. The molecule has 5 rings (SSSR count). The molecule has 6 nitrogen and oxygen atoms in total. The summed E-state index contributed by atoms with van der Waals surface area (Å²) in [7, 11) is 0.788. The van der Waals surface area contributed by atoms with Crippen molar-refractivity contribution in [1.82, 2.24) is 0 Å². The van der Waals surface area contributed by atoms with Gasteiger partial charge in [0.1, 0.15) is 0 Å². The average molecular weight is 617 g/mol. The Morgan fingerprint density at radius 1 is 1.09 bits per heavy atom. The maximum Gasteiger partial charge on any atom is 0.432 e. The van der Waals surface area contributed by atoms with Crippen LogP contribution in [-0.2, 0) is 34.1 Å². The third kappa shape index (κ3) is 5.78. The highest BCUT2D eigenvalue weighted by atomic mass is 19.4. The molecule has 44 heavy (non-hydrogen) atoms. The largest absolute Gasteiger partial charge is 0.432 e. The van der Waals surface area contributed by atoms with Gasteiger partial charge in [-0.3, -0.25) is 0 Å². The van der Waals surface area contributed by atoms with Crippen LogP contribution in [0.5, 0.6) is 0 Å². The second-order valence-electron chi connectivity index (χ2n) is 13.6. The summed E-state index contributed by atoms with van der Waals surface area (Å²) < 4.78 is 64.4. The van der Waals surface area contributed by atoms with E-state index in [1.165, 1.54) is 37.5 Å². The molecule has 0 bridgehead atoms. The van der Waals surface area contributed by atoms with Crippen LogP contribution in [-0.4, -0.2) is 44.2 Å². The van der Waals surface area contributed by atoms with Gasteiger partial charge in [0.2, 0.25) is 0 Å². The first kappa shape index (κ1) is 32.5. The highest BCUT2D eigenvalue weighted by Crippen LogP contribution is 2.58. The molecule has 1 saturated carbocycles. The standard InChI is InChI=1S/C35H43F3O6/c1-22-13-15-26-27(12-9-18-32(26,2)3)33(22,4)19-17-23-14-16-28(42-21-23)25-20-29(39)43-30(25)44-31(40)34(41-5,35(36,37)38)24-10-7-6-8-11-24/h6-8,10-11,14-15,20,22,27-28,30H,9,12-13,16-19,21H2,1-5H3/t22-,27-,28+,30+,33-,34-/m0/s1. The molecule has 2 aliphatic heterocycles. The summed E-state index contributed by atoms with van der Waals surface area (Å²) in [5.74, 6) is -1.41. The van der Waals surface area contributed by atoms with Gasteiger partial charge in [-0.15, -0.1) is 0 Å². The van der Waals surface area contributed by atoms with Gasteiger partial charge >= 0.3 is 18.1 Å². The lowest BCUT2D eigenvalue weighted by Gasteiger charge is -2.53. The van der Waals surface area contributed by atoms with E-state index < -0.39 is 41.7 Å². The van der Waals surface area contributed by atoms with E-state index in [0.717, 1.165) is 50.2 Å². The van der Waals surface area contributed by atoms with Crippen LogP contribution in [0.3, 0.4) is 0 Å². The fraction of sp³-hybridized carbons (Fsp3) is 0.600. The lowest BCUT2D eigenvalue weighted by Crippen LogP contribution is -2.52. The Hall–Kier alpha value is -2.91. The first-order valence-electron chi connectivity index (χ1n) is 15.5. The molecule has 2 aliphatic carbocycles. The zero-order valence-corrected chi connectivity index (χ0v) is 26.2. The fourth-order valence-corrected chi connectivity index (χ4v) is 7.72. The summed E-state index contributed by atoms with van der Waals surface area (Å²) in [4.78, 5) is 25.4. The van der Waals surface area contributed by atoms with Crippen molar-refractivity contribution in [2.24, 2.45) is 22.7 Å². The van der Waals surface area contributed by atoms with Gasteiger partial charge in [-0.25, -0.2) is 9.59 Å². The molecule has 9 heteroatoms. The van der Waals surface area contributed by atoms with E-state index in [1.807, 2.05) is 0 Å². The number of hydrogen-bond donors (Lipinski definition) is 0. The van der Waals surface area contributed by atoms with E-state index in [9.17, 15) is 22.8 Å². The van der Waals surface area contributed by atoms with Crippen LogP contribution in [0.25, 0.3) is 0 Å². The van der Waals surface area contributed by atoms with E-state index in [-0.39, 0.29) is 16.4 Å². The van der Waals surface area contributed by atoms with Gasteiger partial charge in [0, 0.05) is 24.3 Å². The number of benzene rings is 1. The van der Waals surface area contributed by atoms with Crippen LogP contribution in [0.15, 0.2) is 65.3 Å². The third-order valence-electron chi connectivity index (χ3n) is 10.7. The molecule has 4 aliphatic rings. The molecule has 2 heterocycles. The summed E-state index contributed by atoms with van der Waals surface area (Å²) in [5, 5.41) is 0. The third-order valence-corrected chi connectivity index (χ3v) is 10.7. The molecule has 0 unspecified atom stereocenters.